The molecule has 2 aromatic carbocycles. The first-order chi connectivity index (χ1) is 15.1. The summed E-state index contributed by atoms with van der Waals surface area (Å²) in [5, 5.41) is 10.1. The van der Waals surface area contributed by atoms with Crippen molar-refractivity contribution in [3.05, 3.63) is 75.6 Å². The van der Waals surface area contributed by atoms with Gasteiger partial charge >= 0.3 is 0 Å². The van der Waals surface area contributed by atoms with Gasteiger partial charge in [0.25, 0.3) is 5.56 Å². The Kier molecular flexibility index (Phi) is 5.49. The lowest BCUT2D eigenvalue weighted by molar-refractivity contribution is 0.283. The van der Waals surface area contributed by atoms with Gasteiger partial charge in [0.1, 0.15) is 0 Å². The van der Waals surface area contributed by atoms with Crippen molar-refractivity contribution in [3.63, 3.8) is 0 Å². The molecule has 1 spiro atoms. The number of fused-ring (bicyclic) bond motifs is 4. The van der Waals surface area contributed by atoms with Crippen molar-refractivity contribution in [3.8, 4) is 16.9 Å². The molecule has 0 atom stereocenters. The van der Waals surface area contributed by atoms with E-state index in [1.54, 1.807) is 4.57 Å². The highest BCUT2D eigenvalue weighted by atomic mass is 32.2. The number of hydrogen-bond donors (Lipinski definition) is 1. The van der Waals surface area contributed by atoms with Crippen LogP contribution in [-0.2, 0) is 11.8 Å². The van der Waals surface area contributed by atoms with Gasteiger partial charge < -0.3 is 5.11 Å². The number of aliphatic hydroxyl groups excluding tert-OH is 1. The highest BCUT2D eigenvalue weighted by Gasteiger charge is 2.43. The van der Waals surface area contributed by atoms with Crippen LogP contribution in [-0.4, -0.2) is 27.0 Å². The third kappa shape index (κ3) is 3.54. The van der Waals surface area contributed by atoms with Crippen molar-refractivity contribution < 1.29 is 5.11 Å². The molecule has 0 amide bonds. The maximum atomic E-state index is 14.2. The molecule has 1 fully saturated rings. The smallest absolute Gasteiger partial charge is 0.263 e. The Morgan fingerprint density at radius 2 is 1.81 bits per heavy atom. The molecule has 0 radical (unpaired) electrons. The van der Waals surface area contributed by atoms with Crippen LogP contribution in [0.25, 0.3) is 16.9 Å². The van der Waals surface area contributed by atoms with E-state index < -0.39 is 0 Å². The first-order valence-electron chi connectivity index (χ1n) is 11.2. The number of thioether (sulfide) groups is 1. The average Bonchev–Trinajstić information content (AvgIpc) is 2.79. The van der Waals surface area contributed by atoms with Crippen LogP contribution in [0.15, 0.2) is 58.5 Å². The van der Waals surface area contributed by atoms with Gasteiger partial charge in [-0.25, -0.2) is 4.98 Å². The maximum Gasteiger partial charge on any atom is 0.263 e. The number of nitrogens with zero attached hydrogens (tertiary/aromatic N) is 2. The van der Waals surface area contributed by atoms with Gasteiger partial charge in [-0.2, -0.15) is 0 Å². The summed E-state index contributed by atoms with van der Waals surface area (Å²) in [6.45, 7) is 2.10. The predicted molar refractivity (Wildman–Crippen MR) is 126 cm³/mol. The first-order valence-corrected chi connectivity index (χ1v) is 12.2. The van der Waals surface area contributed by atoms with E-state index >= 15 is 0 Å². The quantitative estimate of drug-likeness (QED) is 0.463. The molecule has 2 aliphatic carbocycles. The number of aliphatic hydroxyl groups is 1. The maximum absolute atomic E-state index is 14.2. The van der Waals surface area contributed by atoms with Crippen molar-refractivity contribution >= 4 is 11.8 Å². The SMILES string of the molecule is Cc1ccc(-n2c(SCCO)nc3c(c2=O)C2(CCCCC2)Cc2ccccc2-3)cc1. The van der Waals surface area contributed by atoms with E-state index in [9.17, 15) is 9.90 Å². The zero-order valence-corrected chi connectivity index (χ0v) is 18.8. The Labute approximate surface area is 187 Å². The Morgan fingerprint density at radius 3 is 2.55 bits per heavy atom. The van der Waals surface area contributed by atoms with E-state index in [-0.39, 0.29) is 17.6 Å². The summed E-state index contributed by atoms with van der Waals surface area (Å²) in [7, 11) is 0. The normalized spacial score (nSPS) is 16.7. The van der Waals surface area contributed by atoms with Crippen LogP contribution in [0.5, 0.6) is 0 Å². The molecule has 160 valence electrons. The second kappa shape index (κ2) is 8.29. The van der Waals surface area contributed by atoms with Crippen LogP contribution in [0.1, 0.15) is 48.8 Å². The lowest BCUT2D eigenvalue weighted by Crippen LogP contribution is -2.42. The van der Waals surface area contributed by atoms with Crippen LogP contribution < -0.4 is 5.56 Å². The fourth-order valence-corrected chi connectivity index (χ4v) is 6.09. The van der Waals surface area contributed by atoms with Gasteiger partial charge in [0.05, 0.1) is 23.6 Å². The summed E-state index contributed by atoms with van der Waals surface area (Å²) >= 11 is 1.44. The second-order valence-corrected chi connectivity index (χ2v) is 9.90. The molecule has 31 heavy (non-hydrogen) atoms. The average molecular weight is 433 g/mol. The van der Waals surface area contributed by atoms with Crippen molar-refractivity contribution in [2.75, 3.05) is 12.4 Å². The van der Waals surface area contributed by atoms with E-state index in [1.807, 2.05) is 37.3 Å². The molecule has 3 aromatic rings. The lowest BCUT2D eigenvalue weighted by Gasteiger charge is -2.42. The lowest BCUT2D eigenvalue weighted by atomic mass is 9.62. The Balaban J connectivity index is 1.81. The van der Waals surface area contributed by atoms with Crippen molar-refractivity contribution in [1.29, 1.82) is 0 Å². The highest BCUT2D eigenvalue weighted by molar-refractivity contribution is 7.99. The molecule has 0 bridgehead atoms. The molecule has 2 aliphatic rings. The third-order valence-corrected chi connectivity index (χ3v) is 7.73. The van der Waals surface area contributed by atoms with Crippen LogP contribution >= 0.6 is 11.8 Å². The number of benzene rings is 2. The molecule has 1 aromatic heterocycles. The van der Waals surface area contributed by atoms with Crippen LogP contribution in [0.4, 0.5) is 0 Å². The minimum atomic E-state index is -0.126. The van der Waals surface area contributed by atoms with E-state index in [2.05, 4.69) is 18.2 Å². The van der Waals surface area contributed by atoms with Gasteiger partial charge in [0.2, 0.25) is 0 Å². The van der Waals surface area contributed by atoms with E-state index in [0.29, 0.717) is 10.9 Å². The summed E-state index contributed by atoms with van der Waals surface area (Å²) in [4.78, 5) is 19.3. The van der Waals surface area contributed by atoms with E-state index in [4.69, 9.17) is 4.98 Å². The fraction of sp³-hybridized carbons (Fsp3) is 0.385. The second-order valence-electron chi connectivity index (χ2n) is 8.84. The largest absolute Gasteiger partial charge is 0.396 e. The monoisotopic (exact) mass is 432 g/mol. The van der Waals surface area contributed by atoms with Crippen LogP contribution in [0.2, 0.25) is 0 Å². The molecule has 0 saturated heterocycles. The van der Waals surface area contributed by atoms with Gasteiger partial charge in [-0.3, -0.25) is 9.36 Å². The zero-order valence-electron chi connectivity index (χ0n) is 17.9. The molecule has 5 rings (SSSR count). The van der Waals surface area contributed by atoms with E-state index in [1.165, 1.54) is 23.7 Å². The van der Waals surface area contributed by atoms with Gasteiger partial charge in [0.15, 0.2) is 5.16 Å². The molecule has 1 heterocycles. The Morgan fingerprint density at radius 1 is 1.06 bits per heavy atom. The summed E-state index contributed by atoms with van der Waals surface area (Å²) in [5.74, 6) is 0.504. The standard InChI is InChI=1S/C26H28N2O2S/c1-18-9-11-20(12-10-18)28-24(30)22-23(27-25(28)31-16-15-29)21-8-4-3-7-19(21)17-26(22)13-5-2-6-14-26/h3-4,7-12,29H,2,5-6,13-17H2,1H3. The van der Waals surface area contributed by atoms with Crippen molar-refractivity contribution in [2.45, 2.75) is 56.0 Å². The van der Waals surface area contributed by atoms with Crippen molar-refractivity contribution in [1.82, 2.24) is 9.55 Å². The van der Waals surface area contributed by atoms with E-state index in [0.717, 1.165) is 60.2 Å². The Bertz CT molecular complexity index is 1160. The summed E-state index contributed by atoms with van der Waals surface area (Å²) in [6.07, 6.45) is 6.57. The van der Waals surface area contributed by atoms with Crippen LogP contribution in [0.3, 0.4) is 0 Å². The van der Waals surface area contributed by atoms with Crippen LogP contribution in [0, 0.1) is 6.92 Å². The minimum absolute atomic E-state index is 0.0477. The van der Waals surface area contributed by atoms with Crippen molar-refractivity contribution in [2.24, 2.45) is 0 Å². The van der Waals surface area contributed by atoms with Gasteiger partial charge in [-0.15, -0.1) is 0 Å². The number of aryl methyl sites for hydroxylation is 1. The molecular formula is C26H28N2O2S. The Hall–Kier alpha value is -2.37. The molecule has 0 aliphatic heterocycles. The summed E-state index contributed by atoms with van der Waals surface area (Å²) in [6, 6.07) is 16.5. The number of aromatic nitrogens is 2. The third-order valence-electron chi connectivity index (χ3n) is 6.81. The topological polar surface area (TPSA) is 55.1 Å². The molecule has 1 saturated carbocycles. The molecule has 5 heteroatoms. The van der Waals surface area contributed by atoms with Gasteiger partial charge in [-0.05, 0) is 43.9 Å². The van der Waals surface area contributed by atoms with Gasteiger partial charge in [0, 0.05) is 16.7 Å². The first kappa shape index (κ1) is 20.5. The van der Waals surface area contributed by atoms with Gasteiger partial charge in [-0.1, -0.05) is 73.0 Å². The highest BCUT2D eigenvalue weighted by Crippen LogP contribution is 2.48. The molecular weight excluding hydrogens is 404 g/mol. The fourth-order valence-electron chi connectivity index (χ4n) is 5.34. The number of rotatable bonds is 4. The minimum Gasteiger partial charge on any atom is -0.396 e. The molecule has 1 N–H and O–H groups in total. The molecule has 0 unspecified atom stereocenters. The predicted octanol–water partition coefficient (Wildman–Crippen LogP) is 5.05. The zero-order chi connectivity index (χ0) is 21.4. The molecule has 4 nitrogen and oxygen atoms in total. The summed E-state index contributed by atoms with van der Waals surface area (Å²) < 4.78 is 1.78. The summed E-state index contributed by atoms with van der Waals surface area (Å²) in [5.41, 5.74) is 6.09. The number of hydrogen-bond acceptors (Lipinski definition) is 4.